The van der Waals surface area contributed by atoms with E-state index in [1.807, 2.05) is 18.2 Å². The van der Waals surface area contributed by atoms with Crippen LogP contribution in [0.1, 0.15) is 18.9 Å². The average Bonchev–Trinajstić information content (AvgIpc) is 2.87. The molecule has 108 valence electrons. The SMILES string of the molecule is COc1ccc(Br)c(-c2nnc(CCNC(C)C)s2)c1. The van der Waals surface area contributed by atoms with E-state index in [9.17, 15) is 0 Å². The van der Waals surface area contributed by atoms with Crippen molar-refractivity contribution in [3.05, 3.63) is 27.7 Å². The Morgan fingerprint density at radius 3 is 2.85 bits per heavy atom. The molecule has 2 aromatic rings. The topological polar surface area (TPSA) is 47.0 Å². The molecule has 0 unspecified atom stereocenters. The molecule has 6 heteroatoms. The fourth-order valence-electron chi connectivity index (χ4n) is 1.73. The summed E-state index contributed by atoms with van der Waals surface area (Å²) in [6, 6.07) is 6.35. The van der Waals surface area contributed by atoms with E-state index in [0.717, 1.165) is 38.8 Å². The van der Waals surface area contributed by atoms with Crippen LogP contribution in [-0.4, -0.2) is 29.9 Å². The van der Waals surface area contributed by atoms with Crippen molar-refractivity contribution < 1.29 is 4.74 Å². The third kappa shape index (κ3) is 4.01. The highest BCUT2D eigenvalue weighted by Crippen LogP contribution is 2.33. The number of halogens is 1. The molecule has 0 atom stereocenters. The maximum Gasteiger partial charge on any atom is 0.149 e. The summed E-state index contributed by atoms with van der Waals surface area (Å²) in [6.45, 7) is 5.20. The Hall–Kier alpha value is -0.980. The first-order valence-corrected chi connectivity index (χ1v) is 8.10. The zero-order chi connectivity index (χ0) is 14.5. The van der Waals surface area contributed by atoms with E-state index in [4.69, 9.17) is 4.74 Å². The third-order valence-corrected chi connectivity index (χ3v) is 4.47. The van der Waals surface area contributed by atoms with Crippen molar-refractivity contribution in [2.75, 3.05) is 13.7 Å². The largest absolute Gasteiger partial charge is 0.497 e. The summed E-state index contributed by atoms with van der Waals surface area (Å²) >= 11 is 5.17. The number of rotatable bonds is 6. The molecule has 0 bridgehead atoms. The van der Waals surface area contributed by atoms with Gasteiger partial charge < -0.3 is 10.1 Å². The predicted octanol–water partition coefficient (Wildman–Crippen LogP) is 3.52. The highest BCUT2D eigenvalue weighted by atomic mass is 79.9. The molecular weight excluding hydrogens is 338 g/mol. The number of methoxy groups -OCH3 is 1. The zero-order valence-electron chi connectivity index (χ0n) is 11.8. The second kappa shape index (κ2) is 7.15. The number of aromatic nitrogens is 2. The molecule has 1 aromatic carbocycles. The predicted molar refractivity (Wildman–Crippen MR) is 86.4 cm³/mol. The number of nitrogens with zero attached hydrogens (tertiary/aromatic N) is 2. The van der Waals surface area contributed by atoms with Crippen LogP contribution in [0.15, 0.2) is 22.7 Å². The number of hydrogen-bond donors (Lipinski definition) is 1. The van der Waals surface area contributed by atoms with Crippen molar-refractivity contribution in [2.45, 2.75) is 26.3 Å². The molecule has 0 fully saturated rings. The molecule has 4 nitrogen and oxygen atoms in total. The van der Waals surface area contributed by atoms with Crippen LogP contribution in [0.5, 0.6) is 5.75 Å². The van der Waals surface area contributed by atoms with E-state index in [-0.39, 0.29) is 0 Å². The standard InChI is InChI=1S/C14H18BrN3OS/c1-9(2)16-7-6-13-17-18-14(20-13)11-8-10(19-3)4-5-12(11)15/h4-5,8-9,16H,6-7H2,1-3H3. The molecular formula is C14H18BrN3OS. The molecule has 0 aliphatic heterocycles. The molecule has 0 aliphatic carbocycles. The van der Waals surface area contributed by atoms with Gasteiger partial charge in [-0.25, -0.2) is 0 Å². The Morgan fingerprint density at radius 2 is 2.15 bits per heavy atom. The van der Waals surface area contributed by atoms with E-state index in [2.05, 4.69) is 45.3 Å². The van der Waals surface area contributed by atoms with Crippen molar-refractivity contribution in [3.8, 4) is 16.3 Å². The normalized spacial score (nSPS) is 11.1. The van der Waals surface area contributed by atoms with Crippen LogP contribution in [0.3, 0.4) is 0 Å². The van der Waals surface area contributed by atoms with Gasteiger partial charge >= 0.3 is 0 Å². The molecule has 2 rings (SSSR count). The van der Waals surface area contributed by atoms with Crippen LogP contribution >= 0.6 is 27.3 Å². The lowest BCUT2D eigenvalue weighted by Gasteiger charge is -2.05. The van der Waals surface area contributed by atoms with Gasteiger partial charge in [-0.1, -0.05) is 41.1 Å². The van der Waals surface area contributed by atoms with Crippen LogP contribution in [0, 0.1) is 0 Å². The van der Waals surface area contributed by atoms with Gasteiger partial charge in [0, 0.05) is 29.0 Å². The van der Waals surface area contributed by atoms with Gasteiger partial charge in [-0.3, -0.25) is 0 Å². The quantitative estimate of drug-likeness (QED) is 0.860. The number of ether oxygens (including phenoxy) is 1. The molecule has 0 saturated carbocycles. The van der Waals surface area contributed by atoms with Crippen LogP contribution in [0.25, 0.3) is 10.6 Å². The summed E-state index contributed by atoms with van der Waals surface area (Å²) in [4.78, 5) is 0. The van der Waals surface area contributed by atoms with Gasteiger partial charge in [0.15, 0.2) is 0 Å². The summed E-state index contributed by atoms with van der Waals surface area (Å²) in [6.07, 6.45) is 0.900. The van der Waals surface area contributed by atoms with Gasteiger partial charge in [-0.15, -0.1) is 10.2 Å². The Balaban J connectivity index is 2.12. The summed E-state index contributed by atoms with van der Waals surface area (Å²) in [5.74, 6) is 0.821. The summed E-state index contributed by atoms with van der Waals surface area (Å²) in [5.41, 5.74) is 1.02. The van der Waals surface area contributed by atoms with E-state index in [1.165, 1.54) is 0 Å². The van der Waals surface area contributed by atoms with E-state index >= 15 is 0 Å². The van der Waals surface area contributed by atoms with Crippen molar-refractivity contribution in [1.82, 2.24) is 15.5 Å². The fourth-order valence-corrected chi connectivity index (χ4v) is 3.16. The highest BCUT2D eigenvalue weighted by Gasteiger charge is 2.11. The average molecular weight is 356 g/mol. The maximum absolute atomic E-state index is 5.25. The number of benzene rings is 1. The van der Waals surface area contributed by atoms with Gasteiger partial charge in [-0.05, 0) is 18.2 Å². The lowest BCUT2D eigenvalue weighted by Crippen LogP contribution is -2.24. The first-order valence-electron chi connectivity index (χ1n) is 6.50. The molecule has 20 heavy (non-hydrogen) atoms. The van der Waals surface area contributed by atoms with Gasteiger partial charge in [0.05, 0.1) is 7.11 Å². The molecule has 0 saturated heterocycles. The summed E-state index contributed by atoms with van der Waals surface area (Å²) in [5, 5.41) is 13.9. The monoisotopic (exact) mass is 355 g/mol. The number of hydrogen-bond acceptors (Lipinski definition) is 5. The Kier molecular flexibility index (Phi) is 5.51. The van der Waals surface area contributed by atoms with Gasteiger partial charge in [0.2, 0.25) is 0 Å². The third-order valence-electron chi connectivity index (χ3n) is 2.76. The molecule has 1 heterocycles. The highest BCUT2D eigenvalue weighted by molar-refractivity contribution is 9.10. The molecule has 1 N–H and O–H groups in total. The Labute approximate surface area is 131 Å². The lowest BCUT2D eigenvalue weighted by atomic mass is 10.2. The van der Waals surface area contributed by atoms with Gasteiger partial charge in [0.1, 0.15) is 15.8 Å². The first kappa shape index (κ1) is 15.4. The Bertz CT molecular complexity index is 571. The minimum absolute atomic E-state index is 0.495. The summed E-state index contributed by atoms with van der Waals surface area (Å²) < 4.78 is 6.26. The van der Waals surface area contributed by atoms with Gasteiger partial charge in [0.25, 0.3) is 0 Å². The number of nitrogens with one attached hydrogen (secondary N) is 1. The van der Waals surface area contributed by atoms with Gasteiger partial charge in [-0.2, -0.15) is 0 Å². The second-order valence-electron chi connectivity index (χ2n) is 4.71. The van der Waals surface area contributed by atoms with E-state index in [0.29, 0.717) is 6.04 Å². The van der Waals surface area contributed by atoms with Crippen molar-refractivity contribution in [2.24, 2.45) is 0 Å². The maximum atomic E-state index is 5.25. The van der Waals surface area contributed by atoms with Crippen LogP contribution < -0.4 is 10.1 Å². The van der Waals surface area contributed by atoms with Crippen molar-refractivity contribution in [3.63, 3.8) is 0 Å². The molecule has 1 aromatic heterocycles. The smallest absolute Gasteiger partial charge is 0.149 e. The van der Waals surface area contributed by atoms with Crippen LogP contribution in [0.4, 0.5) is 0 Å². The van der Waals surface area contributed by atoms with Crippen molar-refractivity contribution >= 4 is 27.3 Å². The summed E-state index contributed by atoms with van der Waals surface area (Å²) in [7, 11) is 1.66. The minimum Gasteiger partial charge on any atom is -0.497 e. The second-order valence-corrected chi connectivity index (χ2v) is 6.62. The van der Waals surface area contributed by atoms with Crippen LogP contribution in [0.2, 0.25) is 0 Å². The zero-order valence-corrected chi connectivity index (χ0v) is 14.2. The fraction of sp³-hybridized carbons (Fsp3) is 0.429. The molecule has 0 amide bonds. The van der Waals surface area contributed by atoms with Crippen molar-refractivity contribution in [1.29, 1.82) is 0 Å². The minimum atomic E-state index is 0.495. The van der Waals surface area contributed by atoms with E-state index < -0.39 is 0 Å². The Morgan fingerprint density at radius 1 is 1.35 bits per heavy atom. The van der Waals surface area contributed by atoms with E-state index in [1.54, 1.807) is 18.4 Å². The molecule has 0 radical (unpaired) electrons. The first-order chi connectivity index (χ1) is 9.60. The molecule has 0 aliphatic rings. The lowest BCUT2D eigenvalue weighted by molar-refractivity contribution is 0.415. The van der Waals surface area contributed by atoms with Crippen LogP contribution in [-0.2, 0) is 6.42 Å². The molecule has 0 spiro atoms.